The lowest BCUT2D eigenvalue weighted by Gasteiger charge is -2.08. The molecule has 0 saturated heterocycles. The molecule has 0 aliphatic heterocycles. The van der Waals surface area contributed by atoms with Crippen molar-refractivity contribution in [1.29, 1.82) is 0 Å². The predicted octanol–water partition coefficient (Wildman–Crippen LogP) is 3.42. The zero-order valence-electron chi connectivity index (χ0n) is 10.9. The van der Waals surface area contributed by atoms with Crippen molar-refractivity contribution in [3.8, 4) is 0 Å². The molecule has 4 nitrogen and oxygen atoms in total. The van der Waals surface area contributed by atoms with Crippen LogP contribution in [0.2, 0.25) is 0 Å². The largest absolute Gasteiger partial charge is 0.465 e. The third-order valence-corrected chi connectivity index (χ3v) is 2.58. The van der Waals surface area contributed by atoms with E-state index in [1.54, 1.807) is 0 Å². The molecule has 2 N–H and O–H groups in total. The lowest BCUT2D eigenvalue weighted by Crippen LogP contribution is -2.02. The van der Waals surface area contributed by atoms with Crippen LogP contribution in [-0.4, -0.2) is 11.5 Å². The highest BCUT2D eigenvalue weighted by atomic mass is 16.3. The summed E-state index contributed by atoms with van der Waals surface area (Å²) in [7, 11) is 0. The molecule has 2 rings (SSSR count). The SMILES string of the molecule is CCCNc1cncc(NCc2ccc(C)o2)c1. The summed E-state index contributed by atoms with van der Waals surface area (Å²) in [5.74, 6) is 1.86. The molecule has 96 valence electrons. The van der Waals surface area contributed by atoms with Gasteiger partial charge in [0.05, 0.1) is 30.3 Å². The van der Waals surface area contributed by atoms with Gasteiger partial charge < -0.3 is 15.1 Å². The molecule has 0 fully saturated rings. The van der Waals surface area contributed by atoms with Gasteiger partial charge in [0, 0.05) is 6.54 Å². The highest BCUT2D eigenvalue weighted by Crippen LogP contribution is 2.15. The van der Waals surface area contributed by atoms with E-state index in [1.807, 2.05) is 31.5 Å². The fraction of sp³-hybridized carbons (Fsp3) is 0.357. The van der Waals surface area contributed by atoms with Crippen LogP contribution >= 0.6 is 0 Å². The van der Waals surface area contributed by atoms with Crippen molar-refractivity contribution < 1.29 is 4.42 Å². The van der Waals surface area contributed by atoms with Crippen LogP contribution in [-0.2, 0) is 6.54 Å². The minimum Gasteiger partial charge on any atom is -0.465 e. The lowest BCUT2D eigenvalue weighted by molar-refractivity contribution is 0.490. The predicted molar refractivity (Wildman–Crippen MR) is 73.8 cm³/mol. The molecule has 0 bridgehead atoms. The van der Waals surface area contributed by atoms with Crippen LogP contribution in [0.4, 0.5) is 11.4 Å². The number of pyridine rings is 1. The highest BCUT2D eigenvalue weighted by Gasteiger charge is 2.00. The van der Waals surface area contributed by atoms with Gasteiger partial charge in [-0.05, 0) is 31.5 Å². The first kappa shape index (κ1) is 12.5. The van der Waals surface area contributed by atoms with Gasteiger partial charge in [0.15, 0.2) is 0 Å². The van der Waals surface area contributed by atoms with E-state index in [9.17, 15) is 0 Å². The molecule has 0 aliphatic carbocycles. The highest BCUT2D eigenvalue weighted by molar-refractivity contribution is 5.53. The normalized spacial score (nSPS) is 10.3. The van der Waals surface area contributed by atoms with Crippen molar-refractivity contribution in [2.24, 2.45) is 0 Å². The molecule has 0 spiro atoms. The van der Waals surface area contributed by atoms with E-state index in [0.717, 1.165) is 35.9 Å². The smallest absolute Gasteiger partial charge is 0.123 e. The quantitative estimate of drug-likeness (QED) is 0.818. The Morgan fingerprint density at radius 1 is 1.17 bits per heavy atom. The second kappa shape index (κ2) is 6.10. The monoisotopic (exact) mass is 245 g/mol. The van der Waals surface area contributed by atoms with Crippen LogP contribution in [0.25, 0.3) is 0 Å². The summed E-state index contributed by atoms with van der Waals surface area (Å²) in [6, 6.07) is 6.00. The average molecular weight is 245 g/mol. The van der Waals surface area contributed by atoms with Gasteiger partial charge >= 0.3 is 0 Å². The van der Waals surface area contributed by atoms with E-state index in [-0.39, 0.29) is 0 Å². The fourth-order valence-electron chi connectivity index (χ4n) is 1.67. The lowest BCUT2D eigenvalue weighted by atomic mass is 10.3. The van der Waals surface area contributed by atoms with E-state index in [1.165, 1.54) is 0 Å². The maximum Gasteiger partial charge on any atom is 0.123 e. The van der Waals surface area contributed by atoms with Crippen molar-refractivity contribution in [2.45, 2.75) is 26.8 Å². The van der Waals surface area contributed by atoms with Gasteiger partial charge in [-0.15, -0.1) is 0 Å². The summed E-state index contributed by atoms with van der Waals surface area (Å²) < 4.78 is 5.50. The number of nitrogens with one attached hydrogen (secondary N) is 2. The van der Waals surface area contributed by atoms with Gasteiger partial charge in [-0.2, -0.15) is 0 Å². The topological polar surface area (TPSA) is 50.1 Å². The molecule has 0 saturated carbocycles. The number of rotatable bonds is 6. The Labute approximate surface area is 107 Å². The van der Waals surface area contributed by atoms with Crippen molar-refractivity contribution in [3.05, 3.63) is 42.1 Å². The summed E-state index contributed by atoms with van der Waals surface area (Å²) in [5.41, 5.74) is 2.03. The van der Waals surface area contributed by atoms with E-state index >= 15 is 0 Å². The van der Waals surface area contributed by atoms with Gasteiger partial charge in [-0.3, -0.25) is 4.98 Å². The zero-order valence-corrected chi connectivity index (χ0v) is 10.9. The van der Waals surface area contributed by atoms with Crippen LogP contribution in [0.15, 0.2) is 35.0 Å². The van der Waals surface area contributed by atoms with Crippen molar-refractivity contribution in [2.75, 3.05) is 17.2 Å². The van der Waals surface area contributed by atoms with Crippen LogP contribution in [0.5, 0.6) is 0 Å². The van der Waals surface area contributed by atoms with Gasteiger partial charge in [0.25, 0.3) is 0 Å². The van der Waals surface area contributed by atoms with Crippen molar-refractivity contribution >= 4 is 11.4 Å². The fourth-order valence-corrected chi connectivity index (χ4v) is 1.67. The molecule has 0 aliphatic rings. The molecule has 2 aromatic heterocycles. The molecule has 2 aromatic rings. The molecule has 0 aromatic carbocycles. The first-order chi connectivity index (χ1) is 8.78. The Morgan fingerprint density at radius 3 is 2.61 bits per heavy atom. The number of aromatic nitrogens is 1. The van der Waals surface area contributed by atoms with Crippen LogP contribution < -0.4 is 10.6 Å². The Morgan fingerprint density at radius 2 is 1.94 bits per heavy atom. The summed E-state index contributed by atoms with van der Waals surface area (Å²) in [6.45, 7) is 5.72. The van der Waals surface area contributed by atoms with Crippen molar-refractivity contribution in [1.82, 2.24) is 4.98 Å². The maximum atomic E-state index is 5.50. The zero-order chi connectivity index (χ0) is 12.8. The van der Waals surface area contributed by atoms with Gasteiger partial charge in [0.1, 0.15) is 11.5 Å². The number of hydrogen-bond acceptors (Lipinski definition) is 4. The number of hydrogen-bond donors (Lipinski definition) is 2. The van der Waals surface area contributed by atoms with E-state index in [2.05, 4.69) is 28.6 Å². The molecule has 0 atom stereocenters. The third kappa shape index (κ3) is 3.52. The van der Waals surface area contributed by atoms with E-state index in [4.69, 9.17) is 4.42 Å². The minimum atomic E-state index is 0.673. The molecule has 0 radical (unpaired) electrons. The van der Waals surface area contributed by atoms with Gasteiger partial charge in [-0.25, -0.2) is 0 Å². The summed E-state index contributed by atoms with van der Waals surface area (Å²) in [5, 5.41) is 6.61. The third-order valence-electron chi connectivity index (χ3n) is 2.58. The van der Waals surface area contributed by atoms with Crippen LogP contribution in [0, 0.1) is 6.92 Å². The number of furan rings is 1. The standard InChI is InChI=1S/C14H19N3O/c1-3-6-16-12-7-13(9-15-8-12)17-10-14-5-4-11(2)18-14/h4-5,7-9,16-17H,3,6,10H2,1-2H3. The molecule has 4 heteroatoms. The molecule has 2 heterocycles. The second-order valence-electron chi connectivity index (χ2n) is 4.25. The van der Waals surface area contributed by atoms with Gasteiger partial charge in [0.2, 0.25) is 0 Å². The van der Waals surface area contributed by atoms with Crippen LogP contribution in [0.1, 0.15) is 24.9 Å². The number of anilines is 2. The molecule has 0 unspecified atom stereocenters. The second-order valence-corrected chi connectivity index (χ2v) is 4.25. The first-order valence-electron chi connectivity index (χ1n) is 6.26. The van der Waals surface area contributed by atoms with E-state index < -0.39 is 0 Å². The summed E-state index contributed by atoms with van der Waals surface area (Å²) >= 11 is 0. The molecule has 18 heavy (non-hydrogen) atoms. The Kier molecular flexibility index (Phi) is 4.23. The average Bonchev–Trinajstić information content (AvgIpc) is 2.80. The number of aryl methyl sites for hydroxylation is 1. The Bertz CT molecular complexity index is 493. The van der Waals surface area contributed by atoms with Crippen molar-refractivity contribution in [3.63, 3.8) is 0 Å². The number of nitrogens with zero attached hydrogens (tertiary/aromatic N) is 1. The Balaban J connectivity index is 1.92. The Hall–Kier alpha value is -1.97. The van der Waals surface area contributed by atoms with Crippen LogP contribution in [0.3, 0.4) is 0 Å². The molecule has 0 amide bonds. The first-order valence-corrected chi connectivity index (χ1v) is 6.26. The van der Waals surface area contributed by atoms with E-state index in [0.29, 0.717) is 6.54 Å². The molecular weight excluding hydrogens is 226 g/mol. The summed E-state index contributed by atoms with van der Waals surface area (Å²) in [6.07, 6.45) is 4.74. The summed E-state index contributed by atoms with van der Waals surface area (Å²) in [4.78, 5) is 4.20. The minimum absolute atomic E-state index is 0.673. The van der Waals surface area contributed by atoms with Gasteiger partial charge in [-0.1, -0.05) is 6.92 Å². The maximum absolute atomic E-state index is 5.50. The molecular formula is C14H19N3O.